The number of carbonyl (C=O) groups is 1. The molecule has 2 rings (SSSR count). The van der Waals surface area contributed by atoms with E-state index in [1.165, 1.54) is 0 Å². The number of benzene rings is 2. The zero-order chi connectivity index (χ0) is 13.0. The summed E-state index contributed by atoms with van der Waals surface area (Å²) in [5, 5.41) is 12.0. The summed E-state index contributed by atoms with van der Waals surface area (Å²) in [5.74, 6) is 0.127. The van der Waals surface area contributed by atoms with E-state index >= 15 is 0 Å². The van der Waals surface area contributed by atoms with Crippen molar-refractivity contribution in [2.45, 2.75) is 6.54 Å². The van der Waals surface area contributed by atoms with Crippen LogP contribution in [0.3, 0.4) is 0 Å². The highest BCUT2D eigenvalue weighted by atomic mass is 127. The summed E-state index contributed by atoms with van der Waals surface area (Å²) in [5.41, 5.74) is 1.60. The second kappa shape index (κ2) is 5.86. The molecule has 0 saturated carbocycles. The average Bonchev–Trinajstić information content (AvgIpc) is 2.38. The summed E-state index contributed by atoms with van der Waals surface area (Å²) < 4.78 is 1.10. The minimum absolute atomic E-state index is 0.0977. The van der Waals surface area contributed by atoms with Crippen LogP contribution in [-0.4, -0.2) is 11.0 Å². The molecular formula is C14H12INO2. The number of phenols is 1. The number of phenolic OH excluding ortho intramolecular Hbond substituents is 1. The molecule has 0 fully saturated rings. The molecule has 2 aromatic rings. The lowest BCUT2D eigenvalue weighted by atomic mass is 10.2. The summed E-state index contributed by atoms with van der Waals surface area (Å²) in [7, 11) is 0. The minimum atomic E-state index is -0.0977. The third-order valence-electron chi connectivity index (χ3n) is 2.50. The van der Waals surface area contributed by atoms with Crippen molar-refractivity contribution in [2.24, 2.45) is 0 Å². The van der Waals surface area contributed by atoms with Crippen LogP contribution < -0.4 is 5.32 Å². The number of amides is 1. The number of nitrogens with one attached hydrogen (secondary N) is 1. The van der Waals surface area contributed by atoms with E-state index in [1.807, 2.05) is 12.1 Å². The zero-order valence-electron chi connectivity index (χ0n) is 9.56. The van der Waals surface area contributed by atoms with Gasteiger partial charge in [0.2, 0.25) is 0 Å². The molecule has 0 spiro atoms. The molecule has 92 valence electrons. The van der Waals surface area contributed by atoms with Crippen molar-refractivity contribution in [1.82, 2.24) is 5.32 Å². The summed E-state index contributed by atoms with van der Waals surface area (Å²) in [6, 6.07) is 14.2. The minimum Gasteiger partial charge on any atom is -0.508 e. The van der Waals surface area contributed by atoms with Gasteiger partial charge in [-0.2, -0.15) is 0 Å². The SMILES string of the molecule is O=C(NCc1ccc(O)cc1)c1ccc(I)cc1. The van der Waals surface area contributed by atoms with Gasteiger partial charge in [0.25, 0.3) is 5.91 Å². The van der Waals surface area contributed by atoms with Gasteiger partial charge < -0.3 is 10.4 Å². The van der Waals surface area contributed by atoms with E-state index in [2.05, 4.69) is 27.9 Å². The molecule has 2 aromatic carbocycles. The molecular weight excluding hydrogens is 341 g/mol. The van der Waals surface area contributed by atoms with Gasteiger partial charge in [-0.1, -0.05) is 12.1 Å². The molecule has 0 aliphatic rings. The predicted molar refractivity (Wildman–Crippen MR) is 78.4 cm³/mol. The number of aromatic hydroxyl groups is 1. The third-order valence-corrected chi connectivity index (χ3v) is 3.21. The van der Waals surface area contributed by atoms with Crippen LogP contribution in [0, 0.1) is 3.57 Å². The smallest absolute Gasteiger partial charge is 0.251 e. The average molecular weight is 353 g/mol. The van der Waals surface area contributed by atoms with Gasteiger partial charge >= 0.3 is 0 Å². The van der Waals surface area contributed by atoms with Crippen LogP contribution in [-0.2, 0) is 6.54 Å². The molecule has 0 aromatic heterocycles. The molecule has 18 heavy (non-hydrogen) atoms. The zero-order valence-corrected chi connectivity index (χ0v) is 11.7. The maximum Gasteiger partial charge on any atom is 0.251 e. The number of halogens is 1. The first-order chi connectivity index (χ1) is 8.65. The van der Waals surface area contributed by atoms with Gasteiger partial charge in [0.15, 0.2) is 0 Å². The van der Waals surface area contributed by atoms with E-state index in [0.29, 0.717) is 12.1 Å². The van der Waals surface area contributed by atoms with Crippen molar-refractivity contribution < 1.29 is 9.90 Å². The normalized spacial score (nSPS) is 10.1. The molecule has 0 atom stereocenters. The second-order valence-electron chi connectivity index (χ2n) is 3.86. The molecule has 0 aliphatic heterocycles. The van der Waals surface area contributed by atoms with Crippen molar-refractivity contribution in [2.75, 3.05) is 0 Å². The standard InChI is InChI=1S/C14H12INO2/c15-12-5-3-11(4-6-12)14(18)16-9-10-1-7-13(17)8-2-10/h1-8,17H,9H2,(H,16,18). The molecule has 0 saturated heterocycles. The van der Waals surface area contributed by atoms with Crippen LogP contribution in [0.25, 0.3) is 0 Å². The highest BCUT2D eigenvalue weighted by molar-refractivity contribution is 14.1. The number of hydrogen-bond donors (Lipinski definition) is 2. The van der Waals surface area contributed by atoms with Gasteiger partial charge in [-0.3, -0.25) is 4.79 Å². The number of hydrogen-bond acceptors (Lipinski definition) is 2. The van der Waals surface area contributed by atoms with Gasteiger partial charge in [-0.05, 0) is 64.6 Å². The summed E-state index contributed by atoms with van der Waals surface area (Å²) >= 11 is 2.20. The molecule has 0 radical (unpaired) electrons. The van der Waals surface area contributed by atoms with Gasteiger partial charge in [-0.25, -0.2) is 0 Å². The molecule has 0 heterocycles. The lowest BCUT2D eigenvalue weighted by Crippen LogP contribution is -2.22. The van der Waals surface area contributed by atoms with E-state index in [4.69, 9.17) is 5.11 Å². The fraction of sp³-hybridized carbons (Fsp3) is 0.0714. The molecule has 0 bridgehead atoms. The molecule has 3 nitrogen and oxygen atoms in total. The molecule has 0 aliphatic carbocycles. The van der Waals surface area contributed by atoms with E-state index in [9.17, 15) is 4.79 Å². The van der Waals surface area contributed by atoms with Crippen LogP contribution in [0.1, 0.15) is 15.9 Å². The Bertz CT molecular complexity index is 535. The maximum atomic E-state index is 11.8. The highest BCUT2D eigenvalue weighted by Gasteiger charge is 2.04. The Kier molecular flexibility index (Phi) is 4.19. The van der Waals surface area contributed by atoms with E-state index in [-0.39, 0.29) is 11.7 Å². The Morgan fingerprint density at radius 2 is 1.67 bits per heavy atom. The van der Waals surface area contributed by atoms with Crippen molar-refractivity contribution in [1.29, 1.82) is 0 Å². The summed E-state index contributed by atoms with van der Waals surface area (Å²) in [6.07, 6.45) is 0. The Morgan fingerprint density at radius 1 is 1.06 bits per heavy atom. The van der Waals surface area contributed by atoms with Crippen LogP contribution in [0.4, 0.5) is 0 Å². The van der Waals surface area contributed by atoms with Crippen molar-refractivity contribution in [3.63, 3.8) is 0 Å². The quantitative estimate of drug-likeness (QED) is 0.834. The van der Waals surface area contributed by atoms with Crippen LogP contribution in [0.2, 0.25) is 0 Å². The Morgan fingerprint density at radius 3 is 2.28 bits per heavy atom. The Hall–Kier alpha value is -1.56. The predicted octanol–water partition coefficient (Wildman–Crippen LogP) is 2.93. The third kappa shape index (κ3) is 3.46. The first-order valence-corrected chi connectivity index (χ1v) is 6.55. The molecule has 2 N–H and O–H groups in total. The fourth-order valence-corrected chi connectivity index (χ4v) is 1.86. The molecule has 1 amide bonds. The summed E-state index contributed by atoms with van der Waals surface area (Å²) in [6.45, 7) is 0.450. The number of rotatable bonds is 3. The van der Waals surface area contributed by atoms with Gasteiger partial charge in [0, 0.05) is 15.7 Å². The summed E-state index contributed by atoms with van der Waals surface area (Å²) in [4.78, 5) is 11.8. The van der Waals surface area contributed by atoms with E-state index in [0.717, 1.165) is 9.13 Å². The lowest BCUT2D eigenvalue weighted by Gasteiger charge is -2.05. The Balaban J connectivity index is 1.96. The lowest BCUT2D eigenvalue weighted by molar-refractivity contribution is 0.0951. The van der Waals surface area contributed by atoms with Gasteiger partial charge in [0.1, 0.15) is 5.75 Å². The van der Waals surface area contributed by atoms with E-state index in [1.54, 1.807) is 36.4 Å². The second-order valence-corrected chi connectivity index (χ2v) is 5.10. The topological polar surface area (TPSA) is 49.3 Å². The van der Waals surface area contributed by atoms with Crippen LogP contribution >= 0.6 is 22.6 Å². The largest absolute Gasteiger partial charge is 0.508 e. The molecule has 4 heteroatoms. The number of carbonyl (C=O) groups excluding carboxylic acids is 1. The van der Waals surface area contributed by atoms with Crippen molar-refractivity contribution in [3.8, 4) is 5.75 Å². The fourth-order valence-electron chi connectivity index (χ4n) is 1.50. The van der Waals surface area contributed by atoms with E-state index < -0.39 is 0 Å². The first kappa shape index (κ1) is 12.9. The maximum absolute atomic E-state index is 11.8. The van der Waals surface area contributed by atoms with Gasteiger partial charge in [-0.15, -0.1) is 0 Å². The first-order valence-electron chi connectivity index (χ1n) is 5.47. The van der Waals surface area contributed by atoms with Crippen molar-refractivity contribution >= 4 is 28.5 Å². The van der Waals surface area contributed by atoms with Crippen LogP contribution in [0.5, 0.6) is 5.75 Å². The van der Waals surface area contributed by atoms with Crippen LogP contribution in [0.15, 0.2) is 48.5 Å². The molecule has 0 unspecified atom stereocenters. The Labute approximate surface area is 119 Å². The van der Waals surface area contributed by atoms with Crippen molar-refractivity contribution in [3.05, 3.63) is 63.2 Å². The monoisotopic (exact) mass is 353 g/mol. The van der Waals surface area contributed by atoms with Gasteiger partial charge in [0.05, 0.1) is 0 Å². The highest BCUT2D eigenvalue weighted by Crippen LogP contribution is 2.10.